The first-order chi connectivity index (χ1) is 10.7. The lowest BCUT2D eigenvalue weighted by Gasteiger charge is -2.24. The van der Waals surface area contributed by atoms with Crippen molar-refractivity contribution in [1.82, 2.24) is 9.88 Å². The van der Waals surface area contributed by atoms with Gasteiger partial charge in [0, 0.05) is 12.6 Å². The Bertz CT molecular complexity index is 660. The maximum absolute atomic E-state index is 12.9. The highest BCUT2D eigenvalue weighted by Gasteiger charge is 2.32. The lowest BCUT2D eigenvalue weighted by atomic mass is 10.1. The van der Waals surface area contributed by atoms with Crippen LogP contribution in [0.1, 0.15) is 41.9 Å². The molecule has 22 heavy (non-hydrogen) atoms. The van der Waals surface area contributed by atoms with E-state index < -0.39 is 0 Å². The second-order valence-electron chi connectivity index (χ2n) is 5.13. The molecular weight excluding hydrogens is 320 g/mol. The van der Waals surface area contributed by atoms with Crippen LogP contribution in [-0.2, 0) is 0 Å². The van der Waals surface area contributed by atoms with E-state index in [0.717, 1.165) is 19.4 Å². The molecule has 1 saturated heterocycles. The Morgan fingerprint density at radius 3 is 3.09 bits per heavy atom. The molecule has 4 nitrogen and oxygen atoms in total. The van der Waals surface area contributed by atoms with Crippen molar-refractivity contribution in [3.63, 3.8) is 0 Å². The number of pyridine rings is 1. The predicted molar refractivity (Wildman–Crippen MR) is 87.7 cm³/mol. The average molecular weight is 337 g/mol. The molecule has 116 valence electrons. The molecule has 0 spiro atoms. The minimum atomic E-state index is -0.125. The molecule has 1 unspecified atom stereocenters. The first kappa shape index (κ1) is 15.3. The number of thiophene rings is 1. The largest absolute Gasteiger partial charge is 0.478 e. The summed E-state index contributed by atoms with van der Waals surface area (Å²) in [5.74, 6) is 0.307. The van der Waals surface area contributed by atoms with Crippen molar-refractivity contribution in [3.05, 3.63) is 45.2 Å². The fraction of sp³-hybridized carbons (Fsp3) is 0.375. The number of likely N-dealkylation sites (tertiary alicyclic amines) is 1. The van der Waals surface area contributed by atoms with E-state index in [4.69, 9.17) is 16.3 Å². The third-order valence-corrected chi connectivity index (χ3v) is 4.76. The van der Waals surface area contributed by atoms with Crippen LogP contribution in [0.5, 0.6) is 5.88 Å². The molecule has 1 aliphatic heterocycles. The van der Waals surface area contributed by atoms with E-state index in [1.54, 1.807) is 23.5 Å². The molecule has 0 aliphatic carbocycles. The van der Waals surface area contributed by atoms with Crippen LogP contribution in [0.15, 0.2) is 29.0 Å². The summed E-state index contributed by atoms with van der Waals surface area (Å²) in [7, 11) is 0. The number of rotatable bonds is 4. The quantitative estimate of drug-likeness (QED) is 0.841. The lowest BCUT2D eigenvalue weighted by Crippen LogP contribution is -2.31. The molecule has 3 rings (SSSR count). The van der Waals surface area contributed by atoms with Crippen LogP contribution in [0.25, 0.3) is 0 Å². The molecule has 0 N–H and O–H groups in total. The summed E-state index contributed by atoms with van der Waals surface area (Å²) < 4.78 is 5.37. The van der Waals surface area contributed by atoms with Crippen molar-refractivity contribution < 1.29 is 9.53 Å². The Balaban J connectivity index is 1.88. The standard InChI is InChI=1S/C16H17ClN2O2S/c1-2-21-14-6-5-12(17)15(18-14)16(20)19-8-3-4-13(19)11-7-9-22-10-11/h5-7,9-10,13H,2-4,8H2,1H3. The number of carbonyl (C=O) groups excluding carboxylic acids is 1. The van der Waals surface area contributed by atoms with E-state index in [1.165, 1.54) is 5.56 Å². The number of ether oxygens (including phenoxy) is 1. The fourth-order valence-corrected chi connectivity index (χ4v) is 3.65. The van der Waals surface area contributed by atoms with E-state index in [1.807, 2.05) is 17.2 Å². The van der Waals surface area contributed by atoms with E-state index in [0.29, 0.717) is 17.5 Å². The molecule has 0 radical (unpaired) electrons. The summed E-state index contributed by atoms with van der Waals surface area (Å²) in [6, 6.07) is 5.55. The van der Waals surface area contributed by atoms with Crippen molar-refractivity contribution >= 4 is 28.8 Å². The minimum Gasteiger partial charge on any atom is -0.478 e. The van der Waals surface area contributed by atoms with Gasteiger partial charge in [-0.2, -0.15) is 11.3 Å². The molecule has 2 aromatic rings. The molecule has 2 aromatic heterocycles. The van der Waals surface area contributed by atoms with Crippen molar-refractivity contribution in [2.24, 2.45) is 0 Å². The topological polar surface area (TPSA) is 42.4 Å². The molecule has 1 amide bonds. The number of hydrogen-bond acceptors (Lipinski definition) is 4. The van der Waals surface area contributed by atoms with Gasteiger partial charge in [-0.15, -0.1) is 0 Å². The van der Waals surface area contributed by atoms with Crippen molar-refractivity contribution in [1.29, 1.82) is 0 Å². The van der Waals surface area contributed by atoms with Crippen molar-refractivity contribution in [2.45, 2.75) is 25.8 Å². The maximum atomic E-state index is 12.9. The van der Waals surface area contributed by atoms with Crippen LogP contribution >= 0.6 is 22.9 Å². The monoisotopic (exact) mass is 336 g/mol. The smallest absolute Gasteiger partial charge is 0.274 e. The van der Waals surface area contributed by atoms with Crippen molar-refractivity contribution in [3.8, 4) is 5.88 Å². The van der Waals surface area contributed by atoms with Gasteiger partial charge in [0.15, 0.2) is 5.69 Å². The third-order valence-electron chi connectivity index (χ3n) is 3.76. The van der Waals surface area contributed by atoms with Gasteiger partial charge >= 0.3 is 0 Å². The first-order valence-corrected chi connectivity index (χ1v) is 8.65. The van der Waals surface area contributed by atoms with E-state index in [9.17, 15) is 4.79 Å². The Morgan fingerprint density at radius 2 is 2.36 bits per heavy atom. The molecule has 6 heteroatoms. The number of amides is 1. The molecule has 0 aromatic carbocycles. The molecule has 3 heterocycles. The van der Waals surface area contributed by atoms with Crippen LogP contribution in [0.2, 0.25) is 5.02 Å². The van der Waals surface area contributed by atoms with Gasteiger partial charge in [-0.3, -0.25) is 4.79 Å². The SMILES string of the molecule is CCOc1ccc(Cl)c(C(=O)N2CCCC2c2ccsc2)n1. The Hall–Kier alpha value is -1.59. The zero-order valence-electron chi connectivity index (χ0n) is 12.3. The van der Waals surface area contributed by atoms with Gasteiger partial charge in [-0.1, -0.05) is 11.6 Å². The van der Waals surface area contributed by atoms with E-state index >= 15 is 0 Å². The van der Waals surface area contributed by atoms with Gasteiger partial charge < -0.3 is 9.64 Å². The van der Waals surface area contributed by atoms with Gasteiger partial charge in [0.1, 0.15) is 0 Å². The highest BCUT2D eigenvalue weighted by atomic mass is 35.5. The van der Waals surface area contributed by atoms with Gasteiger partial charge in [-0.25, -0.2) is 4.98 Å². The second kappa shape index (κ2) is 6.67. The van der Waals surface area contributed by atoms with E-state index in [2.05, 4.69) is 16.4 Å². The highest BCUT2D eigenvalue weighted by Crippen LogP contribution is 2.35. The fourth-order valence-electron chi connectivity index (χ4n) is 2.76. The summed E-state index contributed by atoms with van der Waals surface area (Å²) >= 11 is 7.83. The zero-order valence-corrected chi connectivity index (χ0v) is 13.9. The van der Waals surface area contributed by atoms with Gasteiger partial charge in [0.25, 0.3) is 5.91 Å². The van der Waals surface area contributed by atoms with Crippen LogP contribution in [-0.4, -0.2) is 28.9 Å². The minimum absolute atomic E-state index is 0.118. The summed E-state index contributed by atoms with van der Waals surface area (Å²) in [4.78, 5) is 19.0. The average Bonchev–Trinajstić information content (AvgIpc) is 3.19. The highest BCUT2D eigenvalue weighted by molar-refractivity contribution is 7.08. The number of hydrogen-bond donors (Lipinski definition) is 0. The first-order valence-electron chi connectivity index (χ1n) is 7.33. The molecule has 0 bridgehead atoms. The normalized spacial score (nSPS) is 17.7. The van der Waals surface area contributed by atoms with Gasteiger partial charge in [0.2, 0.25) is 5.88 Å². The summed E-state index contributed by atoms with van der Waals surface area (Å²) in [5.41, 5.74) is 1.46. The number of aromatic nitrogens is 1. The molecule has 1 aliphatic rings. The number of nitrogens with zero attached hydrogens (tertiary/aromatic N) is 2. The van der Waals surface area contributed by atoms with Gasteiger partial charge in [-0.05, 0) is 48.2 Å². The van der Waals surface area contributed by atoms with E-state index in [-0.39, 0.29) is 17.6 Å². The van der Waals surface area contributed by atoms with Gasteiger partial charge in [0.05, 0.1) is 17.7 Å². The Kier molecular flexibility index (Phi) is 4.64. The summed E-state index contributed by atoms with van der Waals surface area (Å²) in [5, 5.41) is 4.50. The van der Waals surface area contributed by atoms with Crippen LogP contribution < -0.4 is 4.74 Å². The van der Waals surface area contributed by atoms with Crippen LogP contribution in [0.4, 0.5) is 0 Å². The van der Waals surface area contributed by atoms with Crippen LogP contribution in [0.3, 0.4) is 0 Å². The van der Waals surface area contributed by atoms with Crippen LogP contribution in [0, 0.1) is 0 Å². The maximum Gasteiger partial charge on any atom is 0.274 e. The predicted octanol–water partition coefficient (Wildman–Crippen LogP) is 4.17. The molecule has 1 fully saturated rings. The summed E-state index contributed by atoms with van der Waals surface area (Å²) in [6.07, 6.45) is 1.97. The third kappa shape index (κ3) is 2.96. The lowest BCUT2D eigenvalue weighted by molar-refractivity contribution is 0.0729. The number of halogens is 1. The zero-order chi connectivity index (χ0) is 15.5. The summed E-state index contributed by atoms with van der Waals surface area (Å²) in [6.45, 7) is 3.12. The Morgan fingerprint density at radius 1 is 1.50 bits per heavy atom. The molecular formula is C16H17ClN2O2S. The van der Waals surface area contributed by atoms with Crippen molar-refractivity contribution in [2.75, 3.05) is 13.2 Å². The second-order valence-corrected chi connectivity index (χ2v) is 6.31. The number of carbonyl (C=O) groups is 1. The molecule has 1 atom stereocenters. The Labute approximate surface area is 138 Å². The molecule has 0 saturated carbocycles.